The van der Waals surface area contributed by atoms with Crippen LogP contribution >= 0.6 is 0 Å². The quantitative estimate of drug-likeness (QED) is 0.790. The molecule has 3 aliphatic rings. The summed E-state index contributed by atoms with van der Waals surface area (Å²) in [5.41, 5.74) is 0. The predicted octanol–water partition coefficient (Wildman–Crippen LogP) is -0.338. The molecular formula is C16H25N5O3S. The summed E-state index contributed by atoms with van der Waals surface area (Å²) in [6.07, 6.45) is 4.74. The second kappa shape index (κ2) is 6.69. The van der Waals surface area contributed by atoms with Crippen LogP contribution in [0.25, 0.3) is 0 Å². The first-order valence-corrected chi connectivity index (χ1v) is 10.6. The molecule has 2 saturated heterocycles. The number of carbonyl (C=O) groups is 1. The van der Waals surface area contributed by atoms with Gasteiger partial charge in [0.2, 0.25) is 5.91 Å². The van der Waals surface area contributed by atoms with Gasteiger partial charge in [0.05, 0.1) is 12.1 Å². The minimum absolute atomic E-state index is 0.0971. The van der Waals surface area contributed by atoms with Gasteiger partial charge in [0, 0.05) is 52.2 Å². The fourth-order valence-electron chi connectivity index (χ4n) is 4.07. The number of hydrogen-bond donors (Lipinski definition) is 1. The molecule has 1 aromatic rings. The van der Waals surface area contributed by atoms with Crippen molar-refractivity contribution in [3.8, 4) is 0 Å². The van der Waals surface area contributed by atoms with E-state index in [-0.39, 0.29) is 23.4 Å². The fourth-order valence-corrected chi connectivity index (χ4v) is 5.75. The topological polar surface area (TPSA) is 87.5 Å². The highest BCUT2D eigenvalue weighted by atomic mass is 32.2. The number of sulfonamides is 1. The van der Waals surface area contributed by atoms with Crippen LogP contribution in [0.2, 0.25) is 0 Å². The van der Waals surface area contributed by atoms with Crippen molar-refractivity contribution in [2.45, 2.75) is 37.3 Å². The van der Waals surface area contributed by atoms with Crippen molar-refractivity contribution >= 4 is 15.9 Å². The Kier molecular flexibility index (Phi) is 4.55. The minimum Gasteiger partial charge on any atom is -0.340 e. The lowest BCUT2D eigenvalue weighted by atomic mass is 9.98. The van der Waals surface area contributed by atoms with Gasteiger partial charge >= 0.3 is 0 Å². The van der Waals surface area contributed by atoms with E-state index in [9.17, 15) is 13.2 Å². The number of carbonyl (C=O) groups excluding carboxylic acids is 1. The summed E-state index contributed by atoms with van der Waals surface area (Å²) in [7, 11) is -3.59. The average molecular weight is 367 g/mol. The van der Waals surface area contributed by atoms with Gasteiger partial charge in [-0.15, -0.1) is 0 Å². The number of amides is 1. The van der Waals surface area contributed by atoms with Crippen molar-refractivity contribution in [2.75, 3.05) is 39.3 Å². The largest absolute Gasteiger partial charge is 0.340 e. The summed E-state index contributed by atoms with van der Waals surface area (Å²) in [6, 6.07) is 0. The van der Waals surface area contributed by atoms with Crippen LogP contribution in [0.4, 0.5) is 0 Å². The minimum atomic E-state index is -3.59. The third-order valence-corrected chi connectivity index (χ3v) is 7.32. The first-order valence-electron chi connectivity index (χ1n) is 9.11. The molecule has 0 aliphatic carbocycles. The molecule has 2 fully saturated rings. The van der Waals surface area contributed by atoms with Crippen LogP contribution in [0.5, 0.6) is 0 Å². The smallest absolute Gasteiger partial charge is 0.260 e. The van der Waals surface area contributed by atoms with Crippen LogP contribution in [0.1, 0.15) is 25.1 Å². The summed E-state index contributed by atoms with van der Waals surface area (Å²) in [5.74, 6) is 0.714. The highest BCUT2D eigenvalue weighted by molar-refractivity contribution is 7.89. The van der Waals surface area contributed by atoms with Crippen LogP contribution in [0, 0.1) is 5.92 Å². The molecule has 3 aliphatic heterocycles. The van der Waals surface area contributed by atoms with Gasteiger partial charge in [-0.1, -0.05) is 0 Å². The Morgan fingerprint density at radius 3 is 2.76 bits per heavy atom. The van der Waals surface area contributed by atoms with Crippen molar-refractivity contribution in [3.63, 3.8) is 0 Å². The highest BCUT2D eigenvalue weighted by Crippen LogP contribution is 2.27. The lowest BCUT2D eigenvalue weighted by Gasteiger charge is -2.35. The van der Waals surface area contributed by atoms with E-state index in [1.54, 1.807) is 0 Å². The van der Waals surface area contributed by atoms with E-state index in [1.807, 2.05) is 9.47 Å². The standard InChI is InChI=1S/C16H25N5O3S/c22-16(19-9-5-17-6-10-19)13-3-1-7-20(12-13)25(23,24)15-11-18-14-4-2-8-21(14)15/h11,13,17H,1-10,12H2. The zero-order valence-corrected chi connectivity index (χ0v) is 15.2. The number of aromatic nitrogens is 2. The van der Waals surface area contributed by atoms with E-state index in [1.165, 1.54) is 10.5 Å². The normalized spacial score (nSPS) is 25.1. The second-order valence-corrected chi connectivity index (χ2v) is 8.93. The molecule has 9 heteroatoms. The summed E-state index contributed by atoms with van der Waals surface area (Å²) >= 11 is 0. The van der Waals surface area contributed by atoms with Gasteiger partial charge in [-0.25, -0.2) is 13.4 Å². The SMILES string of the molecule is O=C(C1CCCN(S(=O)(=O)c2cnc3n2CCC3)C1)N1CCNCC1. The van der Waals surface area contributed by atoms with E-state index in [2.05, 4.69) is 10.3 Å². The van der Waals surface area contributed by atoms with E-state index in [0.717, 1.165) is 44.6 Å². The van der Waals surface area contributed by atoms with Crippen molar-refractivity contribution in [1.29, 1.82) is 0 Å². The van der Waals surface area contributed by atoms with Gasteiger partial charge in [-0.2, -0.15) is 4.31 Å². The molecule has 138 valence electrons. The number of rotatable bonds is 3. The summed E-state index contributed by atoms with van der Waals surface area (Å²) < 4.78 is 29.5. The molecule has 1 aromatic heterocycles. The maximum Gasteiger partial charge on any atom is 0.260 e. The third-order valence-electron chi connectivity index (χ3n) is 5.45. The van der Waals surface area contributed by atoms with Crippen molar-refractivity contribution in [1.82, 2.24) is 24.1 Å². The van der Waals surface area contributed by atoms with Crippen LogP contribution in [0.15, 0.2) is 11.2 Å². The zero-order valence-electron chi connectivity index (χ0n) is 14.4. The maximum absolute atomic E-state index is 13.1. The van der Waals surface area contributed by atoms with Crippen LogP contribution in [0.3, 0.4) is 0 Å². The van der Waals surface area contributed by atoms with Crippen molar-refractivity contribution in [2.24, 2.45) is 5.92 Å². The molecule has 0 bridgehead atoms. The average Bonchev–Trinajstić information content (AvgIpc) is 3.25. The molecule has 1 amide bonds. The van der Waals surface area contributed by atoms with Gasteiger partial charge in [0.25, 0.3) is 10.0 Å². The Morgan fingerprint density at radius 1 is 1.16 bits per heavy atom. The van der Waals surface area contributed by atoms with Gasteiger partial charge in [-0.05, 0) is 19.3 Å². The summed E-state index contributed by atoms with van der Waals surface area (Å²) in [4.78, 5) is 18.9. The molecular weight excluding hydrogens is 342 g/mol. The second-order valence-electron chi connectivity index (χ2n) is 7.05. The molecule has 25 heavy (non-hydrogen) atoms. The van der Waals surface area contributed by atoms with Crippen LogP contribution in [-0.4, -0.2) is 72.3 Å². The first-order chi connectivity index (χ1) is 12.1. The van der Waals surface area contributed by atoms with Crippen molar-refractivity contribution in [3.05, 3.63) is 12.0 Å². The molecule has 1 N–H and O–H groups in total. The lowest BCUT2D eigenvalue weighted by Crippen LogP contribution is -2.52. The van der Waals surface area contributed by atoms with Gasteiger partial charge in [-0.3, -0.25) is 4.79 Å². The Balaban J connectivity index is 1.51. The van der Waals surface area contributed by atoms with Crippen LogP contribution in [-0.2, 0) is 27.8 Å². The van der Waals surface area contributed by atoms with Crippen molar-refractivity contribution < 1.29 is 13.2 Å². The van der Waals surface area contributed by atoms with Gasteiger partial charge in [0.1, 0.15) is 5.82 Å². The Labute approximate surface area is 148 Å². The lowest BCUT2D eigenvalue weighted by molar-refractivity contribution is -0.137. The molecule has 0 spiro atoms. The molecule has 8 nitrogen and oxygen atoms in total. The third kappa shape index (κ3) is 3.09. The Morgan fingerprint density at radius 2 is 1.96 bits per heavy atom. The van der Waals surface area contributed by atoms with Gasteiger partial charge in [0.15, 0.2) is 5.03 Å². The molecule has 0 saturated carbocycles. The number of imidazole rings is 1. The number of fused-ring (bicyclic) bond motifs is 1. The predicted molar refractivity (Wildman–Crippen MR) is 91.5 cm³/mol. The Bertz CT molecular complexity index is 754. The first kappa shape index (κ1) is 17.0. The van der Waals surface area contributed by atoms with E-state index >= 15 is 0 Å². The van der Waals surface area contributed by atoms with Gasteiger partial charge < -0.3 is 14.8 Å². The number of piperazine rings is 1. The van der Waals surface area contributed by atoms with E-state index in [0.29, 0.717) is 26.2 Å². The number of nitrogens with one attached hydrogen (secondary N) is 1. The molecule has 4 rings (SSSR count). The Hall–Kier alpha value is -1.45. The molecule has 0 aromatic carbocycles. The molecule has 1 unspecified atom stereocenters. The van der Waals surface area contributed by atoms with E-state index in [4.69, 9.17) is 0 Å². The molecule has 4 heterocycles. The molecule has 0 radical (unpaired) electrons. The number of nitrogens with zero attached hydrogens (tertiary/aromatic N) is 4. The number of aryl methyl sites for hydroxylation is 1. The monoisotopic (exact) mass is 367 g/mol. The summed E-state index contributed by atoms with van der Waals surface area (Å²) in [6.45, 7) is 4.50. The van der Waals surface area contributed by atoms with Crippen LogP contribution < -0.4 is 5.32 Å². The zero-order chi connectivity index (χ0) is 17.4. The number of hydrogen-bond acceptors (Lipinski definition) is 5. The fraction of sp³-hybridized carbons (Fsp3) is 0.750. The summed E-state index contributed by atoms with van der Waals surface area (Å²) in [5, 5.41) is 3.53. The maximum atomic E-state index is 13.1. The van der Waals surface area contributed by atoms with E-state index < -0.39 is 10.0 Å². The highest BCUT2D eigenvalue weighted by Gasteiger charge is 2.37. The number of piperidine rings is 1. The molecule has 1 atom stereocenters.